The van der Waals surface area contributed by atoms with Crippen molar-refractivity contribution in [2.24, 2.45) is 5.92 Å². The SMILES string of the molecule is Cc1noc(C)c1CN1CCc2c(C(=O)NC[C@H]3CCN(C)C3)csc2C1. The van der Waals surface area contributed by atoms with Gasteiger partial charge in [0.1, 0.15) is 5.76 Å². The van der Waals surface area contributed by atoms with Crippen molar-refractivity contribution in [1.29, 1.82) is 0 Å². The molecule has 0 radical (unpaired) electrons. The fraction of sp³-hybridized carbons (Fsp3) is 0.600. The van der Waals surface area contributed by atoms with E-state index >= 15 is 0 Å². The summed E-state index contributed by atoms with van der Waals surface area (Å²) in [6.45, 7) is 9.68. The summed E-state index contributed by atoms with van der Waals surface area (Å²) in [5.74, 6) is 1.59. The number of carbonyl (C=O) groups is 1. The zero-order valence-electron chi connectivity index (χ0n) is 16.4. The second-order valence-corrected chi connectivity index (χ2v) is 8.91. The van der Waals surface area contributed by atoms with Gasteiger partial charge < -0.3 is 14.7 Å². The van der Waals surface area contributed by atoms with E-state index in [1.54, 1.807) is 11.3 Å². The van der Waals surface area contributed by atoms with E-state index < -0.39 is 0 Å². The summed E-state index contributed by atoms with van der Waals surface area (Å²) in [6.07, 6.45) is 2.10. The fourth-order valence-corrected chi connectivity index (χ4v) is 5.30. The van der Waals surface area contributed by atoms with Gasteiger partial charge in [0, 0.05) is 48.5 Å². The number of thiophene rings is 1. The lowest BCUT2D eigenvalue weighted by molar-refractivity contribution is 0.0946. The quantitative estimate of drug-likeness (QED) is 0.853. The molecule has 0 aliphatic carbocycles. The van der Waals surface area contributed by atoms with E-state index in [2.05, 4.69) is 27.3 Å². The lowest BCUT2D eigenvalue weighted by Crippen LogP contribution is -2.33. The molecule has 0 bridgehead atoms. The minimum atomic E-state index is 0.0984. The van der Waals surface area contributed by atoms with Gasteiger partial charge in [0.2, 0.25) is 0 Å². The third-order valence-corrected chi connectivity index (χ3v) is 6.89. The van der Waals surface area contributed by atoms with Gasteiger partial charge in [-0.15, -0.1) is 11.3 Å². The minimum absolute atomic E-state index is 0.0984. The molecule has 27 heavy (non-hydrogen) atoms. The van der Waals surface area contributed by atoms with E-state index in [-0.39, 0.29) is 5.91 Å². The first kappa shape index (κ1) is 18.7. The van der Waals surface area contributed by atoms with Crippen LogP contribution >= 0.6 is 11.3 Å². The van der Waals surface area contributed by atoms with Gasteiger partial charge in [-0.2, -0.15) is 0 Å². The van der Waals surface area contributed by atoms with Crippen molar-refractivity contribution in [3.8, 4) is 0 Å². The molecule has 4 heterocycles. The summed E-state index contributed by atoms with van der Waals surface area (Å²) >= 11 is 1.71. The Bertz CT molecular complexity index is 809. The number of fused-ring (bicyclic) bond motifs is 1. The number of nitrogens with one attached hydrogen (secondary N) is 1. The molecule has 0 spiro atoms. The summed E-state index contributed by atoms with van der Waals surface area (Å²) in [4.78, 5) is 18.8. The molecule has 1 saturated heterocycles. The molecule has 0 aromatic carbocycles. The number of aryl methyl sites for hydroxylation is 2. The molecule has 2 aliphatic rings. The third-order valence-electron chi connectivity index (χ3n) is 5.87. The summed E-state index contributed by atoms with van der Waals surface area (Å²) in [5, 5.41) is 9.26. The van der Waals surface area contributed by atoms with E-state index in [0.29, 0.717) is 5.92 Å². The first-order valence-corrected chi connectivity index (χ1v) is 10.6. The average molecular weight is 389 g/mol. The van der Waals surface area contributed by atoms with Crippen LogP contribution in [0.3, 0.4) is 0 Å². The van der Waals surface area contributed by atoms with Crippen LogP contribution in [0.1, 0.15) is 44.2 Å². The van der Waals surface area contributed by atoms with Crippen molar-refractivity contribution in [2.75, 3.05) is 33.2 Å². The summed E-state index contributed by atoms with van der Waals surface area (Å²) < 4.78 is 5.29. The lowest BCUT2D eigenvalue weighted by atomic mass is 10.0. The molecule has 2 aromatic rings. The number of rotatable bonds is 5. The zero-order valence-corrected chi connectivity index (χ0v) is 17.2. The number of hydrogen-bond acceptors (Lipinski definition) is 6. The highest BCUT2D eigenvalue weighted by atomic mass is 32.1. The molecule has 1 atom stereocenters. The highest BCUT2D eigenvalue weighted by Gasteiger charge is 2.26. The van der Waals surface area contributed by atoms with Gasteiger partial charge in [-0.1, -0.05) is 5.16 Å². The predicted octanol–water partition coefficient (Wildman–Crippen LogP) is 2.59. The smallest absolute Gasteiger partial charge is 0.252 e. The maximum atomic E-state index is 12.7. The first-order valence-electron chi connectivity index (χ1n) is 9.71. The summed E-state index contributed by atoms with van der Waals surface area (Å²) in [5.41, 5.74) is 4.30. The van der Waals surface area contributed by atoms with Crippen molar-refractivity contribution in [3.05, 3.63) is 38.4 Å². The molecule has 2 aromatic heterocycles. The standard InChI is InChI=1S/C20H28N4O2S/c1-13-17(14(2)26-22-13)10-24-7-5-16-18(12-27-19(16)11-24)20(25)21-8-15-4-6-23(3)9-15/h12,15H,4-11H2,1-3H3,(H,21,25)/t15-/m1/s1. The molecular weight excluding hydrogens is 360 g/mol. The second kappa shape index (κ2) is 7.73. The van der Waals surface area contributed by atoms with E-state index in [1.807, 2.05) is 19.2 Å². The van der Waals surface area contributed by atoms with Gasteiger partial charge in [-0.05, 0) is 51.8 Å². The largest absolute Gasteiger partial charge is 0.361 e. The van der Waals surface area contributed by atoms with Crippen LogP contribution in [-0.2, 0) is 19.5 Å². The normalized spacial score (nSPS) is 20.8. The van der Waals surface area contributed by atoms with Crippen molar-refractivity contribution in [1.82, 2.24) is 20.3 Å². The Morgan fingerprint density at radius 1 is 1.41 bits per heavy atom. The number of carbonyl (C=O) groups excluding carboxylic acids is 1. The molecule has 1 fully saturated rings. The lowest BCUT2D eigenvalue weighted by Gasteiger charge is -2.27. The monoisotopic (exact) mass is 388 g/mol. The van der Waals surface area contributed by atoms with Crippen molar-refractivity contribution < 1.29 is 9.32 Å². The van der Waals surface area contributed by atoms with E-state index in [0.717, 1.165) is 62.7 Å². The minimum Gasteiger partial charge on any atom is -0.361 e. The maximum Gasteiger partial charge on any atom is 0.252 e. The molecule has 2 aliphatic heterocycles. The highest BCUT2D eigenvalue weighted by Crippen LogP contribution is 2.30. The van der Waals surface area contributed by atoms with Gasteiger partial charge in [0.15, 0.2) is 0 Å². The van der Waals surface area contributed by atoms with Gasteiger partial charge >= 0.3 is 0 Å². The van der Waals surface area contributed by atoms with Crippen LogP contribution < -0.4 is 5.32 Å². The first-order chi connectivity index (χ1) is 13.0. The average Bonchev–Trinajstić information content (AvgIpc) is 3.34. The zero-order chi connectivity index (χ0) is 19.0. The van der Waals surface area contributed by atoms with Crippen molar-refractivity contribution in [3.63, 3.8) is 0 Å². The molecule has 1 amide bonds. The summed E-state index contributed by atoms with van der Waals surface area (Å²) in [6, 6.07) is 0. The van der Waals surface area contributed by atoms with Gasteiger partial charge in [0.25, 0.3) is 5.91 Å². The Morgan fingerprint density at radius 3 is 2.96 bits per heavy atom. The Kier molecular flexibility index (Phi) is 5.34. The maximum absolute atomic E-state index is 12.7. The van der Waals surface area contributed by atoms with Crippen LogP contribution in [0.2, 0.25) is 0 Å². The number of nitrogens with zero attached hydrogens (tertiary/aromatic N) is 3. The topological polar surface area (TPSA) is 61.6 Å². The van der Waals surface area contributed by atoms with Crippen LogP contribution in [0.4, 0.5) is 0 Å². The highest BCUT2D eigenvalue weighted by molar-refractivity contribution is 7.10. The molecular formula is C20H28N4O2S. The van der Waals surface area contributed by atoms with Gasteiger partial charge in [0.05, 0.1) is 11.3 Å². The summed E-state index contributed by atoms with van der Waals surface area (Å²) in [7, 11) is 2.14. The number of hydrogen-bond donors (Lipinski definition) is 1. The number of likely N-dealkylation sites (tertiary alicyclic amines) is 1. The van der Waals surface area contributed by atoms with Crippen LogP contribution in [0.25, 0.3) is 0 Å². The van der Waals surface area contributed by atoms with E-state index in [9.17, 15) is 4.79 Å². The molecule has 7 heteroatoms. The molecule has 4 rings (SSSR count). The van der Waals surface area contributed by atoms with Gasteiger partial charge in [-0.3, -0.25) is 9.69 Å². The third kappa shape index (κ3) is 3.95. The van der Waals surface area contributed by atoms with Crippen LogP contribution in [0.15, 0.2) is 9.90 Å². The van der Waals surface area contributed by atoms with Crippen LogP contribution in [0, 0.1) is 19.8 Å². The van der Waals surface area contributed by atoms with Crippen molar-refractivity contribution >= 4 is 17.2 Å². The van der Waals surface area contributed by atoms with Crippen molar-refractivity contribution in [2.45, 2.75) is 39.8 Å². The van der Waals surface area contributed by atoms with E-state index in [4.69, 9.17) is 4.52 Å². The molecule has 0 saturated carbocycles. The molecule has 146 valence electrons. The molecule has 0 unspecified atom stereocenters. The van der Waals surface area contributed by atoms with E-state index in [1.165, 1.54) is 22.4 Å². The Labute approximate surface area is 164 Å². The Balaban J connectivity index is 1.37. The molecule has 6 nitrogen and oxygen atoms in total. The van der Waals surface area contributed by atoms with Gasteiger partial charge in [-0.25, -0.2) is 0 Å². The van der Waals surface area contributed by atoms with Crippen LogP contribution in [0.5, 0.6) is 0 Å². The second-order valence-electron chi connectivity index (χ2n) is 7.94. The fourth-order valence-electron chi connectivity index (χ4n) is 4.18. The number of aromatic nitrogens is 1. The molecule has 1 N–H and O–H groups in total. The Morgan fingerprint density at radius 2 is 2.26 bits per heavy atom. The predicted molar refractivity (Wildman–Crippen MR) is 106 cm³/mol. The van der Waals surface area contributed by atoms with Crippen LogP contribution in [-0.4, -0.2) is 54.1 Å². The number of amides is 1. The Hall–Kier alpha value is -1.70.